The fourth-order valence-corrected chi connectivity index (χ4v) is 5.04. The Balaban J connectivity index is 1.79. The zero-order valence-electron chi connectivity index (χ0n) is 26.1. The van der Waals surface area contributed by atoms with Crippen LogP contribution in [-0.2, 0) is 32.2 Å². The fraction of sp³-hybridized carbons (Fsp3) is 0.382. The van der Waals surface area contributed by atoms with Gasteiger partial charge in [-0.2, -0.15) is 0 Å². The number of amides is 1. The van der Waals surface area contributed by atoms with E-state index in [-0.39, 0.29) is 44.0 Å². The van der Waals surface area contributed by atoms with Gasteiger partial charge < -0.3 is 24.6 Å². The van der Waals surface area contributed by atoms with Gasteiger partial charge in [-0.05, 0) is 74.2 Å². The SMILES string of the molecule is CC(C)(C)OC(=O)CC[C@@]1(C(=O)NCc2ccccc2F)N=C(c2ccc(OCCCO)cc2)O[C@@H]1c1ccccc1CN=[N+]=[N-]. The number of hydrogen-bond donors (Lipinski definition) is 2. The Bertz CT molecular complexity index is 1600. The summed E-state index contributed by atoms with van der Waals surface area (Å²) in [5.41, 5.74) is 8.57. The molecule has 0 saturated heterocycles. The molecule has 1 amide bonds. The third-order valence-corrected chi connectivity index (χ3v) is 7.20. The summed E-state index contributed by atoms with van der Waals surface area (Å²) in [5.74, 6) is -0.860. The maximum atomic E-state index is 14.5. The number of aliphatic imine (C=N–C) groups is 1. The Labute approximate surface area is 267 Å². The first-order valence-corrected chi connectivity index (χ1v) is 15.0. The number of carbonyl (C=O) groups excluding carboxylic acids is 2. The Morgan fingerprint density at radius 3 is 2.46 bits per heavy atom. The van der Waals surface area contributed by atoms with Gasteiger partial charge in [0.25, 0.3) is 5.91 Å². The van der Waals surface area contributed by atoms with Crippen molar-refractivity contribution in [1.82, 2.24) is 5.32 Å². The summed E-state index contributed by atoms with van der Waals surface area (Å²) in [5, 5.41) is 15.6. The van der Waals surface area contributed by atoms with Crippen molar-refractivity contribution >= 4 is 17.8 Å². The highest BCUT2D eigenvalue weighted by atomic mass is 19.1. The molecule has 4 rings (SSSR count). The maximum absolute atomic E-state index is 14.5. The van der Waals surface area contributed by atoms with Crippen molar-refractivity contribution in [2.45, 2.75) is 70.4 Å². The minimum absolute atomic E-state index is 0.00955. The summed E-state index contributed by atoms with van der Waals surface area (Å²) in [4.78, 5) is 35.1. The van der Waals surface area contributed by atoms with Crippen molar-refractivity contribution in [2.75, 3.05) is 13.2 Å². The van der Waals surface area contributed by atoms with Crippen LogP contribution in [0.1, 0.15) is 68.4 Å². The zero-order chi connectivity index (χ0) is 33.2. The van der Waals surface area contributed by atoms with Crippen LogP contribution in [0.25, 0.3) is 10.4 Å². The third-order valence-electron chi connectivity index (χ3n) is 7.20. The predicted octanol–water partition coefficient (Wildman–Crippen LogP) is 6.09. The average molecular weight is 632 g/mol. The molecule has 2 atom stereocenters. The lowest BCUT2D eigenvalue weighted by Gasteiger charge is -2.32. The molecule has 3 aromatic carbocycles. The topological polar surface area (TPSA) is 155 Å². The lowest BCUT2D eigenvalue weighted by atomic mass is 9.81. The summed E-state index contributed by atoms with van der Waals surface area (Å²) in [6.07, 6.45) is -0.832. The van der Waals surface area contributed by atoms with E-state index in [2.05, 4.69) is 15.3 Å². The number of azide groups is 1. The Hall–Kier alpha value is -4.93. The number of nitrogens with one attached hydrogen (secondary N) is 1. The van der Waals surface area contributed by atoms with Gasteiger partial charge in [-0.25, -0.2) is 9.38 Å². The summed E-state index contributed by atoms with van der Waals surface area (Å²) < 4.78 is 32.2. The number of carbonyl (C=O) groups is 2. The molecule has 11 nitrogen and oxygen atoms in total. The quantitative estimate of drug-likeness (QED) is 0.0721. The lowest BCUT2D eigenvalue weighted by Crippen LogP contribution is -2.48. The first-order valence-electron chi connectivity index (χ1n) is 15.0. The van der Waals surface area contributed by atoms with Crippen LogP contribution >= 0.6 is 0 Å². The van der Waals surface area contributed by atoms with E-state index >= 15 is 0 Å². The summed E-state index contributed by atoms with van der Waals surface area (Å²) >= 11 is 0. The smallest absolute Gasteiger partial charge is 0.306 e. The Morgan fingerprint density at radius 1 is 1.09 bits per heavy atom. The van der Waals surface area contributed by atoms with Gasteiger partial charge in [0.1, 0.15) is 17.2 Å². The molecular formula is C34H38FN5O6. The van der Waals surface area contributed by atoms with Crippen LogP contribution < -0.4 is 10.1 Å². The highest BCUT2D eigenvalue weighted by Crippen LogP contribution is 2.44. The van der Waals surface area contributed by atoms with Crippen LogP contribution in [0.4, 0.5) is 4.39 Å². The molecule has 0 bridgehead atoms. The molecule has 2 N–H and O–H groups in total. The van der Waals surface area contributed by atoms with Gasteiger partial charge in [0, 0.05) is 42.0 Å². The van der Waals surface area contributed by atoms with Crippen molar-refractivity contribution in [1.29, 1.82) is 0 Å². The number of esters is 1. The van der Waals surface area contributed by atoms with Crippen molar-refractivity contribution < 1.29 is 33.3 Å². The van der Waals surface area contributed by atoms with Crippen LogP contribution in [0.2, 0.25) is 0 Å². The molecular weight excluding hydrogens is 593 g/mol. The van der Waals surface area contributed by atoms with Crippen molar-refractivity contribution in [3.8, 4) is 5.75 Å². The molecule has 46 heavy (non-hydrogen) atoms. The lowest BCUT2D eigenvalue weighted by molar-refractivity contribution is -0.155. The van der Waals surface area contributed by atoms with Crippen LogP contribution in [-0.4, -0.2) is 47.2 Å². The summed E-state index contributed by atoms with van der Waals surface area (Å²) in [6.45, 7) is 5.47. The number of halogens is 1. The molecule has 1 aliphatic rings. The second-order valence-electron chi connectivity index (χ2n) is 11.7. The molecule has 3 aromatic rings. The van der Waals surface area contributed by atoms with E-state index < -0.39 is 34.9 Å². The fourth-order valence-electron chi connectivity index (χ4n) is 5.04. The number of aliphatic hydroxyl groups is 1. The van der Waals surface area contributed by atoms with E-state index in [0.717, 1.165) is 0 Å². The molecule has 0 aromatic heterocycles. The number of nitrogens with zero attached hydrogens (tertiary/aromatic N) is 4. The first-order chi connectivity index (χ1) is 22.1. The van der Waals surface area contributed by atoms with E-state index in [9.17, 15) is 14.0 Å². The highest BCUT2D eigenvalue weighted by molar-refractivity contribution is 6.01. The standard InChI is InChI=1S/C34H38FN5O6/c1-33(2,3)46-29(42)17-18-34(32(43)37-21-25-10-5-7-12-28(25)35)30(27-11-6-4-9-24(27)22-38-40-36)45-31(39-34)23-13-15-26(16-14-23)44-20-8-19-41/h4-7,9-16,30,41H,8,17-22H2,1-3H3,(H,37,43)/t30-,34-/m1/s1. The van der Waals surface area contributed by atoms with Gasteiger partial charge >= 0.3 is 5.97 Å². The first kappa shape index (κ1) is 34.0. The van der Waals surface area contributed by atoms with Crippen molar-refractivity contribution in [3.63, 3.8) is 0 Å². The maximum Gasteiger partial charge on any atom is 0.306 e. The van der Waals surface area contributed by atoms with E-state index in [1.165, 1.54) is 6.07 Å². The molecule has 0 fully saturated rings. The van der Waals surface area contributed by atoms with Crippen molar-refractivity contribution in [3.05, 3.63) is 111 Å². The molecule has 0 unspecified atom stereocenters. The molecule has 0 radical (unpaired) electrons. The van der Waals surface area contributed by atoms with Gasteiger partial charge in [-0.1, -0.05) is 47.6 Å². The zero-order valence-corrected chi connectivity index (χ0v) is 26.1. The second kappa shape index (κ2) is 15.4. The minimum atomic E-state index is -1.69. The molecule has 1 aliphatic heterocycles. The van der Waals surface area contributed by atoms with E-state index in [1.54, 1.807) is 87.5 Å². The van der Waals surface area contributed by atoms with Gasteiger partial charge in [0.2, 0.25) is 5.90 Å². The molecule has 242 valence electrons. The van der Waals surface area contributed by atoms with Gasteiger partial charge in [-0.15, -0.1) is 0 Å². The van der Waals surface area contributed by atoms with E-state index in [0.29, 0.717) is 35.5 Å². The molecule has 0 saturated carbocycles. The number of ether oxygens (including phenoxy) is 3. The molecule has 0 spiro atoms. The molecule has 0 aliphatic carbocycles. The number of aliphatic hydroxyl groups excluding tert-OH is 1. The second-order valence-corrected chi connectivity index (χ2v) is 11.7. The van der Waals surface area contributed by atoms with Gasteiger partial charge in [0.05, 0.1) is 13.2 Å². The van der Waals surface area contributed by atoms with Crippen LogP contribution in [0.5, 0.6) is 5.75 Å². The molecule has 12 heteroatoms. The van der Waals surface area contributed by atoms with Crippen LogP contribution in [0.3, 0.4) is 0 Å². The predicted molar refractivity (Wildman–Crippen MR) is 169 cm³/mol. The van der Waals surface area contributed by atoms with E-state index in [1.807, 2.05) is 0 Å². The normalized spacial score (nSPS) is 17.3. The number of benzene rings is 3. The Kier molecular flexibility index (Phi) is 11.3. The number of hydrogen-bond acceptors (Lipinski definition) is 8. The van der Waals surface area contributed by atoms with Gasteiger partial charge in [-0.3, -0.25) is 9.59 Å². The highest BCUT2D eigenvalue weighted by Gasteiger charge is 2.53. The monoisotopic (exact) mass is 631 g/mol. The van der Waals surface area contributed by atoms with Crippen molar-refractivity contribution in [2.24, 2.45) is 10.1 Å². The third kappa shape index (κ3) is 8.62. The average Bonchev–Trinajstić information content (AvgIpc) is 3.43. The van der Waals surface area contributed by atoms with Crippen LogP contribution in [0.15, 0.2) is 82.9 Å². The molecule has 1 heterocycles. The summed E-state index contributed by atoms with van der Waals surface area (Å²) in [6, 6.07) is 20.1. The van der Waals surface area contributed by atoms with Crippen LogP contribution in [0, 0.1) is 5.82 Å². The number of rotatable bonds is 14. The van der Waals surface area contributed by atoms with E-state index in [4.69, 9.17) is 29.8 Å². The summed E-state index contributed by atoms with van der Waals surface area (Å²) in [7, 11) is 0. The minimum Gasteiger partial charge on any atom is -0.494 e. The Morgan fingerprint density at radius 2 is 1.78 bits per heavy atom. The van der Waals surface area contributed by atoms with Gasteiger partial charge in [0.15, 0.2) is 11.6 Å². The largest absolute Gasteiger partial charge is 0.494 e.